The van der Waals surface area contributed by atoms with E-state index >= 15 is 0 Å². The lowest BCUT2D eigenvalue weighted by Crippen LogP contribution is -2.15. The Bertz CT molecular complexity index is 336. The van der Waals surface area contributed by atoms with E-state index in [1.165, 1.54) is 6.20 Å². The van der Waals surface area contributed by atoms with E-state index < -0.39 is 0 Å². The van der Waals surface area contributed by atoms with E-state index in [2.05, 4.69) is 5.10 Å². The molecule has 2 rings (SSSR count). The van der Waals surface area contributed by atoms with Gasteiger partial charge in [-0.2, -0.15) is 10.4 Å². The fourth-order valence-electron chi connectivity index (χ4n) is 1.32. The topological polar surface area (TPSA) is 60.1 Å². The Hall–Kier alpha value is -1.38. The molecule has 0 bridgehead atoms. The minimum atomic E-state index is 0.171. The van der Waals surface area contributed by atoms with Gasteiger partial charge in [0.2, 0.25) is 0 Å². The molecule has 1 aromatic rings. The summed E-state index contributed by atoms with van der Waals surface area (Å²) in [5.41, 5.74) is 0.552. The lowest BCUT2D eigenvalue weighted by molar-refractivity contribution is -0.00339. The van der Waals surface area contributed by atoms with Gasteiger partial charge >= 0.3 is 0 Å². The van der Waals surface area contributed by atoms with Gasteiger partial charge in [0, 0.05) is 12.8 Å². The van der Waals surface area contributed by atoms with Gasteiger partial charge < -0.3 is 9.47 Å². The maximum Gasteiger partial charge on any atom is 0.139 e. The highest BCUT2D eigenvalue weighted by molar-refractivity contribution is 5.21. The quantitative estimate of drug-likeness (QED) is 0.702. The van der Waals surface area contributed by atoms with Crippen LogP contribution in [0.25, 0.3) is 0 Å². The van der Waals surface area contributed by atoms with Crippen LogP contribution < -0.4 is 0 Å². The third-order valence-corrected chi connectivity index (χ3v) is 2.09. The summed E-state index contributed by atoms with van der Waals surface area (Å²) in [6.07, 6.45) is 4.29. The molecule has 5 heteroatoms. The summed E-state index contributed by atoms with van der Waals surface area (Å²) < 4.78 is 12.3. The third-order valence-electron chi connectivity index (χ3n) is 2.09. The fraction of sp³-hybridized carbons (Fsp3) is 0.556. The van der Waals surface area contributed by atoms with Gasteiger partial charge in [0.15, 0.2) is 0 Å². The first-order valence-electron chi connectivity index (χ1n) is 4.50. The zero-order valence-corrected chi connectivity index (χ0v) is 7.72. The number of hydrogen-bond donors (Lipinski definition) is 0. The molecule has 0 aromatic carbocycles. The molecule has 1 saturated heterocycles. The standard InChI is InChI=1S/C9H11N3O2/c10-3-8-4-11-12(5-8)7-14-9-1-2-13-6-9/h4-5,9H,1-2,6-7H2. The zero-order valence-electron chi connectivity index (χ0n) is 7.72. The second-order valence-corrected chi connectivity index (χ2v) is 3.16. The molecule has 0 amide bonds. The molecule has 1 atom stereocenters. The van der Waals surface area contributed by atoms with Crippen molar-refractivity contribution in [2.45, 2.75) is 19.3 Å². The van der Waals surface area contributed by atoms with Crippen LogP contribution in [0.4, 0.5) is 0 Å². The van der Waals surface area contributed by atoms with Gasteiger partial charge in [0.1, 0.15) is 12.8 Å². The van der Waals surface area contributed by atoms with Crippen molar-refractivity contribution in [2.75, 3.05) is 13.2 Å². The highest BCUT2D eigenvalue weighted by Gasteiger charge is 2.15. The van der Waals surface area contributed by atoms with Gasteiger partial charge in [0.25, 0.3) is 0 Å². The first kappa shape index (κ1) is 9.19. The second kappa shape index (κ2) is 4.22. The summed E-state index contributed by atoms with van der Waals surface area (Å²) >= 11 is 0. The van der Waals surface area contributed by atoms with E-state index in [1.54, 1.807) is 10.9 Å². The fourth-order valence-corrected chi connectivity index (χ4v) is 1.32. The van der Waals surface area contributed by atoms with Crippen LogP contribution in [-0.2, 0) is 16.2 Å². The van der Waals surface area contributed by atoms with Crippen LogP contribution in [0.1, 0.15) is 12.0 Å². The summed E-state index contributed by atoms with van der Waals surface area (Å²) in [5.74, 6) is 0. The molecule has 0 radical (unpaired) electrons. The molecule has 1 aliphatic heterocycles. The van der Waals surface area contributed by atoms with Crippen LogP contribution in [0.5, 0.6) is 0 Å². The smallest absolute Gasteiger partial charge is 0.139 e. The predicted molar refractivity (Wildman–Crippen MR) is 47.3 cm³/mol. The van der Waals surface area contributed by atoms with Crippen molar-refractivity contribution in [1.82, 2.24) is 9.78 Å². The minimum absolute atomic E-state index is 0.171. The highest BCUT2D eigenvalue weighted by atomic mass is 16.5. The molecule has 2 heterocycles. The Labute approximate surface area is 81.8 Å². The van der Waals surface area contributed by atoms with Crippen molar-refractivity contribution >= 4 is 0 Å². The van der Waals surface area contributed by atoms with Crippen LogP contribution in [0.3, 0.4) is 0 Å². The van der Waals surface area contributed by atoms with Crippen molar-refractivity contribution in [1.29, 1.82) is 5.26 Å². The van der Waals surface area contributed by atoms with Crippen molar-refractivity contribution in [3.8, 4) is 6.07 Å². The lowest BCUT2D eigenvalue weighted by Gasteiger charge is -2.08. The first-order chi connectivity index (χ1) is 6.88. The van der Waals surface area contributed by atoms with E-state index in [9.17, 15) is 0 Å². The lowest BCUT2D eigenvalue weighted by atomic mass is 10.3. The van der Waals surface area contributed by atoms with Gasteiger partial charge in [-0.1, -0.05) is 0 Å². The molecule has 1 aliphatic rings. The van der Waals surface area contributed by atoms with Crippen molar-refractivity contribution < 1.29 is 9.47 Å². The second-order valence-electron chi connectivity index (χ2n) is 3.16. The van der Waals surface area contributed by atoms with Gasteiger partial charge in [-0.3, -0.25) is 0 Å². The summed E-state index contributed by atoms with van der Waals surface area (Å²) in [6.45, 7) is 1.81. The number of nitrogens with zero attached hydrogens (tertiary/aromatic N) is 3. The Morgan fingerprint density at radius 3 is 3.36 bits per heavy atom. The summed E-state index contributed by atoms with van der Waals surface area (Å²) in [4.78, 5) is 0. The minimum Gasteiger partial charge on any atom is -0.379 e. The number of hydrogen-bond acceptors (Lipinski definition) is 4. The molecule has 1 unspecified atom stereocenters. The molecule has 1 aromatic heterocycles. The molecule has 14 heavy (non-hydrogen) atoms. The van der Waals surface area contributed by atoms with E-state index in [-0.39, 0.29) is 6.10 Å². The molecule has 0 aliphatic carbocycles. The van der Waals surface area contributed by atoms with Crippen LogP contribution in [0, 0.1) is 11.3 Å². The zero-order chi connectivity index (χ0) is 9.80. The highest BCUT2D eigenvalue weighted by Crippen LogP contribution is 2.08. The molecule has 74 valence electrons. The summed E-state index contributed by atoms with van der Waals surface area (Å²) in [6, 6.07) is 2.01. The van der Waals surface area contributed by atoms with E-state index in [4.69, 9.17) is 14.7 Å². The molecular formula is C9H11N3O2. The molecular weight excluding hydrogens is 182 g/mol. The Balaban J connectivity index is 1.82. The monoisotopic (exact) mass is 193 g/mol. The Morgan fingerprint density at radius 2 is 2.71 bits per heavy atom. The molecule has 0 N–H and O–H groups in total. The van der Waals surface area contributed by atoms with Gasteiger partial charge in [-0.05, 0) is 6.42 Å². The van der Waals surface area contributed by atoms with E-state index in [0.29, 0.717) is 18.9 Å². The van der Waals surface area contributed by atoms with Crippen molar-refractivity contribution in [3.05, 3.63) is 18.0 Å². The number of rotatable bonds is 3. The van der Waals surface area contributed by atoms with E-state index in [1.807, 2.05) is 6.07 Å². The average Bonchev–Trinajstić information content (AvgIpc) is 2.86. The predicted octanol–water partition coefficient (Wildman–Crippen LogP) is 0.518. The Morgan fingerprint density at radius 1 is 1.79 bits per heavy atom. The largest absolute Gasteiger partial charge is 0.379 e. The maximum absolute atomic E-state index is 8.57. The number of aromatic nitrogens is 2. The van der Waals surface area contributed by atoms with Crippen LogP contribution >= 0.6 is 0 Å². The van der Waals surface area contributed by atoms with Crippen molar-refractivity contribution in [3.63, 3.8) is 0 Å². The summed E-state index contributed by atoms with van der Waals surface area (Å²) in [7, 11) is 0. The SMILES string of the molecule is N#Cc1cnn(COC2CCOC2)c1. The van der Waals surface area contributed by atoms with Crippen LogP contribution in [-0.4, -0.2) is 29.1 Å². The van der Waals surface area contributed by atoms with Gasteiger partial charge in [-0.15, -0.1) is 0 Å². The van der Waals surface area contributed by atoms with Crippen LogP contribution in [0.15, 0.2) is 12.4 Å². The molecule has 5 nitrogen and oxygen atoms in total. The molecule has 0 spiro atoms. The van der Waals surface area contributed by atoms with Gasteiger partial charge in [0.05, 0.1) is 24.5 Å². The van der Waals surface area contributed by atoms with E-state index in [0.717, 1.165) is 13.0 Å². The summed E-state index contributed by atoms with van der Waals surface area (Å²) in [5, 5.41) is 12.5. The number of nitriles is 1. The number of ether oxygens (including phenoxy) is 2. The van der Waals surface area contributed by atoms with Gasteiger partial charge in [-0.25, -0.2) is 4.68 Å². The molecule has 1 fully saturated rings. The van der Waals surface area contributed by atoms with Crippen LogP contribution in [0.2, 0.25) is 0 Å². The average molecular weight is 193 g/mol. The third kappa shape index (κ3) is 2.10. The molecule has 0 saturated carbocycles. The maximum atomic E-state index is 8.57. The van der Waals surface area contributed by atoms with Crippen molar-refractivity contribution in [2.24, 2.45) is 0 Å². The normalized spacial score (nSPS) is 20.9. The Kier molecular flexibility index (Phi) is 2.77. The first-order valence-corrected chi connectivity index (χ1v) is 4.50.